The van der Waals surface area contributed by atoms with E-state index in [4.69, 9.17) is 4.74 Å². The highest BCUT2D eigenvalue weighted by Gasteiger charge is 2.26. The molecule has 0 bridgehead atoms. The standard InChI is InChI=1S/C18H18FN3O4/c1-11-15-8-9-20-18(19)16(15)10-12(21-11)2-7-17(23)26-14-5-3-13(4-6-14)22(24)25/h3-6,8-9,11-12,21H,2,7,10H2,1H3. The van der Waals surface area contributed by atoms with Gasteiger partial charge in [-0.15, -0.1) is 0 Å². The molecule has 2 atom stereocenters. The number of ether oxygens (including phenoxy) is 1. The molecule has 1 aromatic carbocycles. The maximum absolute atomic E-state index is 13.9. The Kier molecular flexibility index (Phi) is 5.22. The van der Waals surface area contributed by atoms with Gasteiger partial charge in [-0.05, 0) is 43.5 Å². The van der Waals surface area contributed by atoms with E-state index < -0.39 is 16.8 Å². The number of aromatic nitrogens is 1. The molecule has 0 amide bonds. The first-order chi connectivity index (χ1) is 12.4. The molecule has 1 aromatic heterocycles. The lowest BCUT2D eigenvalue weighted by Gasteiger charge is -2.31. The normalized spacial score (nSPS) is 18.8. The topological polar surface area (TPSA) is 94.4 Å². The Morgan fingerprint density at radius 2 is 2.12 bits per heavy atom. The van der Waals surface area contributed by atoms with Gasteiger partial charge in [-0.3, -0.25) is 14.9 Å². The first kappa shape index (κ1) is 17.9. The second-order valence-corrected chi connectivity index (χ2v) is 6.22. The van der Waals surface area contributed by atoms with Crippen molar-refractivity contribution in [3.05, 3.63) is 63.7 Å². The van der Waals surface area contributed by atoms with Gasteiger partial charge in [-0.1, -0.05) is 0 Å². The number of nitrogens with zero attached hydrogens (tertiary/aromatic N) is 2. The third-order valence-electron chi connectivity index (χ3n) is 4.42. The van der Waals surface area contributed by atoms with E-state index in [-0.39, 0.29) is 29.9 Å². The lowest BCUT2D eigenvalue weighted by Crippen LogP contribution is -2.39. The van der Waals surface area contributed by atoms with Gasteiger partial charge in [0.2, 0.25) is 5.95 Å². The van der Waals surface area contributed by atoms with Gasteiger partial charge in [0, 0.05) is 42.4 Å². The van der Waals surface area contributed by atoms with Crippen LogP contribution in [-0.2, 0) is 11.2 Å². The number of halogens is 1. The number of non-ortho nitro benzene ring substituents is 1. The van der Waals surface area contributed by atoms with Crippen molar-refractivity contribution in [1.82, 2.24) is 10.3 Å². The van der Waals surface area contributed by atoms with Crippen molar-refractivity contribution in [3.8, 4) is 5.75 Å². The van der Waals surface area contributed by atoms with Crippen LogP contribution in [-0.4, -0.2) is 21.9 Å². The molecule has 0 fully saturated rings. The summed E-state index contributed by atoms with van der Waals surface area (Å²) in [6, 6.07) is 7.05. The second-order valence-electron chi connectivity index (χ2n) is 6.22. The van der Waals surface area contributed by atoms with Crippen LogP contribution in [0.5, 0.6) is 5.75 Å². The summed E-state index contributed by atoms with van der Waals surface area (Å²) < 4.78 is 19.1. The number of nitrogens with one attached hydrogen (secondary N) is 1. The van der Waals surface area contributed by atoms with Crippen LogP contribution in [0.2, 0.25) is 0 Å². The van der Waals surface area contributed by atoms with Crippen LogP contribution >= 0.6 is 0 Å². The van der Waals surface area contributed by atoms with Crippen LogP contribution < -0.4 is 10.1 Å². The molecular weight excluding hydrogens is 341 g/mol. The predicted octanol–water partition coefficient (Wildman–Crippen LogP) is 3.09. The van der Waals surface area contributed by atoms with Gasteiger partial charge >= 0.3 is 5.97 Å². The Hall–Kier alpha value is -2.87. The van der Waals surface area contributed by atoms with Crippen molar-refractivity contribution >= 4 is 11.7 Å². The summed E-state index contributed by atoms with van der Waals surface area (Å²) in [7, 11) is 0. The molecule has 0 radical (unpaired) electrons. The maximum Gasteiger partial charge on any atom is 0.311 e. The summed E-state index contributed by atoms with van der Waals surface area (Å²) in [5, 5.41) is 14.0. The Morgan fingerprint density at radius 1 is 1.38 bits per heavy atom. The van der Waals surface area contributed by atoms with E-state index in [2.05, 4.69) is 10.3 Å². The van der Waals surface area contributed by atoms with Gasteiger partial charge in [0.25, 0.3) is 5.69 Å². The van der Waals surface area contributed by atoms with Gasteiger partial charge in [-0.2, -0.15) is 4.39 Å². The Balaban J connectivity index is 1.55. The number of esters is 1. The van der Waals surface area contributed by atoms with Crippen LogP contribution in [0.3, 0.4) is 0 Å². The maximum atomic E-state index is 13.9. The second kappa shape index (κ2) is 7.57. The van der Waals surface area contributed by atoms with Crippen molar-refractivity contribution in [3.63, 3.8) is 0 Å². The van der Waals surface area contributed by atoms with Crippen molar-refractivity contribution in [1.29, 1.82) is 0 Å². The van der Waals surface area contributed by atoms with Gasteiger partial charge < -0.3 is 10.1 Å². The third-order valence-corrected chi connectivity index (χ3v) is 4.42. The molecule has 3 rings (SSSR count). The monoisotopic (exact) mass is 359 g/mol. The molecule has 1 aliphatic rings. The number of nitro benzene ring substituents is 1. The van der Waals surface area contributed by atoms with E-state index in [9.17, 15) is 19.3 Å². The molecule has 2 unspecified atom stereocenters. The fourth-order valence-corrected chi connectivity index (χ4v) is 3.13. The van der Waals surface area contributed by atoms with Crippen LogP contribution in [0.15, 0.2) is 36.5 Å². The number of hydrogen-bond donors (Lipinski definition) is 1. The summed E-state index contributed by atoms with van der Waals surface area (Å²) in [4.78, 5) is 25.8. The molecule has 7 nitrogen and oxygen atoms in total. The number of carbonyl (C=O) groups is 1. The van der Waals surface area contributed by atoms with Crippen molar-refractivity contribution in [2.45, 2.75) is 38.3 Å². The number of pyridine rings is 1. The molecule has 26 heavy (non-hydrogen) atoms. The van der Waals surface area contributed by atoms with Crippen molar-refractivity contribution in [2.75, 3.05) is 0 Å². The molecular formula is C18H18FN3O4. The fourth-order valence-electron chi connectivity index (χ4n) is 3.13. The SMILES string of the molecule is CC1NC(CCC(=O)Oc2ccc([N+](=O)[O-])cc2)Cc2c1ccnc2F. The van der Waals surface area contributed by atoms with Gasteiger partial charge in [0.05, 0.1) is 4.92 Å². The van der Waals surface area contributed by atoms with E-state index >= 15 is 0 Å². The number of rotatable bonds is 5. The molecule has 8 heteroatoms. The lowest BCUT2D eigenvalue weighted by atomic mass is 9.90. The molecule has 0 saturated heterocycles. The van der Waals surface area contributed by atoms with Crippen LogP contribution in [0.1, 0.15) is 36.9 Å². The zero-order valence-corrected chi connectivity index (χ0v) is 14.1. The smallest absolute Gasteiger partial charge is 0.311 e. The van der Waals surface area contributed by atoms with Crippen molar-refractivity contribution < 1.29 is 18.8 Å². The van der Waals surface area contributed by atoms with Gasteiger partial charge in [0.1, 0.15) is 5.75 Å². The van der Waals surface area contributed by atoms with E-state index in [0.29, 0.717) is 18.4 Å². The van der Waals surface area contributed by atoms with Crippen LogP contribution in [0, 0.1) is 16.1 Å². The summed E-state index contributed by atoms with van der Waals surface area (Å²) >= 11 is 0. The minimum Gasteiger partial charge on any atom is -0.427 e. The molecule has 2 heterocycles. The van der Waals surface area contributed by atoms with Gasteiger partial charge in [-0.25, -0.2) is 4.98 Å². The first-order valence-electron chi connectivity index (χ1n) is 8.28. The molecule has 0 aliphatic carbocycles. The van der Waals surface area contributed by atoms with E-state index in [1.54, 1.807) is 6.07 Å². The highest BCUT2D eigenvalue weighted by Crippen LogP contribution is 2.27. The fraction of sp³-hybridized carbons (Fsp3) is 0.333. The molecule has 1 aliphatic heterocycles. The Labute approximate surface area is 149 Å². The number of nitro groups is 1. The predicted molar refractivity (Wildman–Crippen MR) is 91.2 cm³/mol. The largest absolute Gasteiger partial charge is 0.427 e. The number of fused-ring (bicyclic) bond motifs is 1. The first-order valence-corrected chi connectivity index (χ1v) is 8.28. The molecule has 1 N–H and O–H groups in total. The van der Waals surface area contributed by atoms with E-state index in [1.807, 2.05) is 6.92 Å². The molecule has 0 saturated carbocycles. The molecule has 136 valence electrons. The highest BCUT2D eigenvalue weighted by atomic mass is 19.1. The van der Waals surface area contributed by atoms with E-state index in [1.165, 1.54) is 30.5 Å². The van der Waals surface area contributed by atoms with Gasteiger partial charge in [0.15, 0.2) is 0 Å². The average molecular weight is 359 g/mol. The van der Waals surface area contributed by atoms with Crippen LogP contribution in [0.4, 0.5) is 10.1 Å². The third kappa shape index (κ3) is 4.02. The Morgan fingerprint density at radius 3 is 2.81 bits per heavy atom. The Bertz CT molecular complexity index is 826. The summed E-state index contributed by atoms with van der Waals surface area (Å²) in [5.41, 5.74) is 1.41. The summed E-state index contributed by atoms with van der Waals surface area (Å²) in [5.74, 6) is -0.647. The highest BCUT2D eigenvalue weighted by molar-refractivity contribution is 5.72. The number of hydrogen-bond acceptors (Lipinski definition) is 6. The minimum atomic E-state index is -0.520. The average Bonchev–Trinajstić information content (AvgIpc) is 2.61. The molecule has 0 spiro atoms. The minimum absolute atomic E-state index is 0.0213. The quantitative estimate of drug-likeness (QED) is 0.290. The number of carbonyl (C=O) groups excluding carboxylic acids is 1. The van der Waals surface area contributed by atoms with Crippen LogP contribution in [0.25, 0.3) is 0 Å². The molecule has 2 aromatic rings. The lowest BCUT2D eigenvalue weighted by molar-refractivity contribution is -0.384. The zero-order chi connectivity index (χ0) is 18.7. The summed E-state index contributed by atoms with van der Waals surface area (Å²) in [6.45, 7) is 1.94. The zero-order valence-electron chi connectivity index (χ0n) is 14.1. The van der Waals surface area contributed by atoms with Crippen molar-refractivity contribution in [2.24, 2.45) is 0 Å². The summed E-state index contributed by atoms with van der Waals surface area (Å²) in [6.07, 6.45) is 2.56. The number of benzene rings is 1. The van der Waals surface area contributed by atoms with E-state index in [0.717, 1.165) is 5.56 Å².